The van der Waals surface area contributed by atoms with Crippen molar-refractivity contribution in [2.24, 2.45) is 0 Å². The molecule has 1 aliphatic rings. The number of ketones is 1. The van der Waals surface area contributed by atoms with Crippen LogP contribution in [-0.4, -0.2) is 36.0 Å². The van der Waals surface area contributed by atoms with Crippen molar-refractivity contribution >= 4 is 44.1 Å². The van der Waals surface area contributed by atoms with Gasteiger partial charge < -0.3 is 14.6 Å². The molecule has 5 rings (SSSR count). The number of benzene rings is 3. The van der Waals surface area contributed by atoms with Gasteiger partial charge in [-0.15, -0.1) is 0 Å². The molecule has 0 radical (unpaired) electrons. The minimum atomic E-state index is -0.857. The number of nitrogens with zero attached hydrogens (tertiary/aromatic N) is 2. The third-order valence-electron chi connectivity index (χ3n) is 5.98. The highest BCUT2D eigenvalue weighted by Gasteiger charge is 2.48. The fourth-order valence-corrected chi connectivity index (χ4v) is 5.25. The third kappa shape index (κ3) is 3.91. The molecule has 0 aliphatic carbocycles. The van der Waals surface area contributed by atoms with Crippen LogP contribution in [0.5, 0.6) is 11.5 Å². The standard InChI is InChI=1S/C27H22N2O5S/c1-15-4-13-20-21(14-15)35-27(28-20)29-23(16-5-9-18(33-2)10-6-16)22(25(31)26(29)32)24(30)17-7-11-19(34-3)12-8-17/h4-14,23,30H,1-3H3/b24-22+. The lowest BCUT2D eigenvalue weighted by atomic mass is 9.95. The first kappa shape index (κ1) is 22.6. The fraction of sp³-hybridized carbons (Fsp3) is 0.148. The number of methoxy groups -OCH3 is 2. The number of Topliss-reactive ketones (excluding diaryl/α,β-unsaturated/α-hetero) is 1. The molecule has 1 aliphatic heterocycles. The van der Waals surface area contributed by atoms with Crippen molar-refractivity contribution in [3.8, 4) is 11.5 Å². The van der Waals surface area contributed by atoms with Crippen molar-refractivity contribution in [1.82, 2.24) is 4.98 Å². The highest BCUT2D eigenvalue weighted by molar-refractivity contribution is 7.22. The molecular weight excluding hydrogens is 464 g/mol. The van der Waals surface area contributed by atoms with Gasteiger partial charge in [-0.05, 0) is 66.6 Å². The monoisotopic (exact) mass is 486 g/mol. The quantitative estimate of drug-likeness (QED) is 0.236. The van der Waals surface area contributed by atoms with Crippen LogP contribution in [0.15, 0.2) is 72.3 Å². The average Bonchev–Trinajstić information content (AvgIpc) is 3.41. The number of thiazole rings is 1. The Morgan fingerprint density at radius 3 is 2.20 bits per heavy atom. The van der Waals surface area contributed by atoms with E-state index < -0.39 is 17.7 Å². The van der Waals surface area contributed by atoms with Gasteiger partial charge in [0.1, 0.15) is 17.3 Å². The Morgan fingerprint density at radius 2 is 1.57 bits per heavy atom. The Hall–Kier alpha value is -4.17. The van der Waals surface area contributed by atoms with Gasteiger partial charge in [0.25, 0.3) is 5.78 Å². The van der Waals surface area contributed by atoms with Gasteiger partial charge >= 0.3 is 5.91 Å². The summed E-state index contributed by atoms with van der Waals surface area (Å²) in [5.41, 5.74) is 2.86. The lowest BCUT2D eigenvalue weighted by Crippen LogP contribution is -2.29. The first-order valence-electron chi connectivity index (χ1n) is 10.9. The summed E-state index contributed by atoms with van der Waals surface area (Å²) < 4.78 is 11.4. The van der Waals surface area contributed by atoms with Gasteiger partial charge in [0.15, 0.2) is 5.13 Å². The van der Waals surface area contributed by atoms with Crippen LogP contribution in [0.4, 0.5) is 5.13 Å². The lowest BCUT2D eigenvalue weighted by molar-refractivity contribution is -0.132. The van der Waals surface area contributed by atoms with Crippen LogP contribution in [0.2, 0.25) is 0 Å². The Kier molecular flexibility index (Phi) is 5.74. The van der Waals surface area contributed by atoms with E-state index in [1.54, 1.807) is 62.8 Å². The molecule has 1 unspecified atom stereocenters. The maximum absolute atomic E-state index is 13.4. The highest BCUT2D eigenvalue weighted by atomic mass is 32.1. The minimum Gasteiger partial charge on any atom is -0.507 e. The maximum atomic E-state index is 13.4. The van der Waals surface area contributed by atoms with Crippen LogP contribution in [0.3, 0.4) is 0 Å². The van der Waals surface area contributed by atoms with Crippen LogP contribution in [0, 0.1) is 6.92 Å². The smallest absolute Gasteiger partial charge is 0.301 e. The average molecular weight is 487 g/mol. The SMILES string of the molecule is COc1ccc(/C(O)=C2\C(=O)C(=O)N(c3nc4ccc(C)cc4s3)C2c2ccc(OC)cc2)cc1. The molecular formula is C27H22N2O5S. The molecule has 8 heteroatoms. The second-order valence-corrected chi connectivity index (χ2v) is 9.15. The number of fused-ring (bicyclic) bond motifs is 1. The second-order valence-electron chi connectivity index (χ2n) is 8.14. The summed E-state index contributed by atoms with van der Waals surface area (Å²) in [5, 5.41) is 11.6. The van der Waals surface area contributed by atoms with E-state index in [0.29, 0.717) is 27.8 Å². The van der Waals surface area contributed by atoms with E-state index in [-0.39, 0.29) is 11.3 Å². The molecule has 1 fully saturated rings. The van der Waals surface area contributed by atoms with Crippen molar-refractivity contribution in [3.05, 3.63) is 89.0 Å². The molecule has 4 aromatic rings. The summed E-state index contributed by atoms with van der Waals surface area (Å²) >= 11 is 1.33. The number of rotatable bonds is 5. The Labute approximate surface area is 205 Å². The molecule has 1 atom stereocenters. The van der Waals surface area contributed by atoms with Crippen molar-refractivity contribution < 1.29 is 24.2 Å². The minimum absolute atomic E-state index is 0.000713. The molecule has 0 bridgehead atoms. The Bertz CT molecular complexity index is 1470. The van der Waals surface area contributed by atoms with Crippen LogP contribution in [0.25, 0.3) is 16.0 Å². The molecule has 1 saturated heterocycles. The summed E-state index contributed by atoms with van der Waals surface area (Å²) in [4.78, 5) is 32.7. The number of amides is 1. The number of carbonyl (C=O) groups is 2. The number of aliphatic hydroxyl groups excluding tert-OH is 1. The maximum Gasteiger partial charge on any atom is 0.301 e. The van der Waals surface area contributed by atoms with Crippen LogP contribution in [-0.2, 0) is 9.59 Å². The van der Waals surface area contributed by atoms with E-state index in [2.05, 4.69) is 4.98 Å². The van der Waals surface area contributed by atoms with Gasteiger partial charge in [0.2, 0.25) is 0 Å². The first-order valence-corrected chi connectivity index (χ1v) is 11.7. The molecule has 1 amide bonds. The van der Waals surface area contributed by atoms with E-state index in [1.807, 2.05) is 25.1 Å². The number of hydrogen-bond donors (Lipinski definition) is 1. The molecule has 176 valence electrons. The molecule has 7 nitrogen and oxygen atoms in total. The molecule has 0 saturated carbocycles. The number of carbonyl (C=O) groups excluding carboxylic acids is 2. The lowest BCUT2D eigenvalue weighted by Gasteiger charge is -2.23. The van der Waals surface area contributed by atoms with E-state index in [1.165, 1.54) is 16.2 Å². The summed E-state index contributed by atoms with van der Waals surface area (Å²) in [5.74, 6) is -0.521. The summed E-state index contributed by atoms with van der Waals surface area (Å²) in [6.45, 7) is 1.98. The number of anilines is 1. The van der Waals surface area contributed by atoms with Gasteiger partial charge in [-0.3, -0.25) is 14.5 Å². The molecule has 35 heavy (non-hydrogen) atoms. The zero-order valence-electron chi connectivity index (χ0n) is 19.3. The highest BCUT2D eigenvalue weighted by Crippen LogP contribution is 2.44. The van der Waals surface area contributed by atoms with Crippen molar-refractivity contribution in [2.75, 3.05) is 19.1 Å². The number of ether oxygens (including phenoxy) is 2. The van der Waals surface area contributed by atoms with Gasteiger partial charge in [0.05, 0.1) is 36.1 Å². The van der Waals surface area contributed by atoms with Crippen molar-refractivity contribution in [1.29, 1.82) is 0 Å². The molecule has 1 aromatic heterocycles. The number of aryl methyl sites for hydroxylation is 1. The van der Waals surface area contributed by atoms with Gasteiger partial charge in [0, 0.05) is 5.56 Å². The van der Waals surface area contributed by atoms with E-state index in [0.717, 1.165) is 15.8 Å². The van der Waals surface area contributed by atoms with Crippen LogP contribution >= 0.6 is 11.3 Å². The van der Waals surface area contributed by atoms with Gasteiger partial charge in [-0.25, -0.2) is 4.98 Å². The topological polar surface area (TPSA) is 89.0 Å². The zero-order chi connectivity index (χ0) is 24.7. The third-order valence-corrected chi connectivity index (χ3v) is 7.00. The first-order chi connectivity index (χ1) is 16.9. The molecule has 1 N–H and O–H groups in total. The molecule has 3 aromatic carbocycles. The van der Waals surface area contributed by atoms with E-state index in [4.69, 9.17) is 9.47 Å². The number of aliphatic hydroxyl groups is 1. The Morgan fingerprint density at radius 1 is 0.943 bits per heavy atom. The predicted octanol–water partition coefficient (Wildman–Crippen LogP) is 5.25. The van der Waals surface area contributed by atoms with Gasteiger partial charge in [-0.2, -0.15) is 0 Å². The van der Waals surface area contributed by atoms with E-state index in [9.17, 15) is 14.7 Å². The predicted molar refractivity (Wildman–Crippen MR) is 135 cm³/mol. The normalized spacial score (nSPS) is 17.2. The van der Waals surface area contributed by atoms with Crippen molar-refractivity contribution in [3.63, 3.8) is 0 Å². The van der Waals surface area contributed by atoms with Crippen LogP contribution in [0.1, 0.15) is 22.7 Å². The summed E-state index contributed by atoms with van der Waals surface area (Å²) in [6, 6.07) is 18.7. The van der Waals surface area contributed by atoms with Gasteiger partial charge in [-0.1, -0.05) is 29.5 Å². The fourth-order valence-electron chi connectivity index (χ4n) is 4.16. The number of aromatic nitrogens is 1. The Balaban J connectivity index is 1.70. The zero-order valence-corrected chi connectivity index (χ0v) is 20.1. The van der Waals surface area contributed by atoms with E-state index >= 15 is 0 Å². The van der Waals surface area contributed by atoms with Crippen molar-refractivity contribution in [2.45, 2.75) is 13.0 Å². The molecule has 2 heterocycles. The number of hydrogen-bond acceptors (Lipinski definition) is 7. The summed E-state index contributed by atoms with van der Waals surface area (Å²) in [7, 11) is 3.11. The largest absolute Gasteiger partial charge is 0.507 e. The van der Waals surface area contributed by atoms with Crippen LogP contribution < -0.4 is 14.4 Å². The second kappa shape index (κ2) is 8.88. The summed E-state index contributed by atoms with van der Waals surface area (Å²) in [6.07, 6.45) is 0. The molecule has 0 spiro atoms.